The number of hydrogen-bond donors (Lipinski definition) is 1. The Hall–Kier alpha value is -0.860. The van der Waals surface area contributed by atoms with Crippen molar-refractivity contribution in [2.45, 2.75) is 32.1 Å². The summed E-state index contributed by atoms with van der Waals surface area (Å²) in [6.45, 7) is 2.00. The molecule has 0 amide bonds. The van der Waals surface area contributed by atoms with Crippen molar-refractivity contribution in [1.29, 1.82) is 0 Å². The maximum atomic E-state index is 10.4. The van der Waals surface area contributed by atoms with Gasteiger partial charge in [-0.05, 0) is 12.8 Å². The summed E-state index contributed by atoms with van der Waals surface area (Å²) < 4.78 is 0. The topological polar surface area (TPSA) is 54.4 Å². The van der Waals surface area contributed by atoms with Gasteiger partial charge in [-0.2, -0.15) is 0 Å². The lowest BCUT2D eigenvalue weighted by Crippen LogP contribution is -2.16. The van der Waals surface area contributed by atoms with Crippen LogP contribution in [0, 0.1) is 5.92 Å². The Morgan fingerprint density at radius 1 is 1.18 bits per heavy atom. The lowest BCUT2D eigenvalue weighted by atomic mass is 9.90. The minimum atomic E-state index is -0.602. The van der Waals surface area contributed by atoms with Gasteiger partial charge in [0.05, 0.1) is 5.92 Å². The predicted octanol–water partition coefficient (Wildman–Crippen LogP) is 1.47. The predicted molar refractivity (Wildman–Crippen MR) is 41.3 cm³/mol. The highest BCUT2D eigenvalue weighted by atomic mass is 16.4. The van der Waals surface area contributed by atoms with E-state index in [9.17, 15) is 4.79 Å². The molecule has 1 aliphatic carbocycles. The van der Waals surface area contributed by atoms with Crippen molar-refractivity contribution >= 4 is 12.8 Å². The van der Waals surface area contributed by atoms with E-state index < -0.39 is 5.97 Å². The highest BCUT2D eigenvalue weighted by Crippen LogP contribution is 2.23. The van der Waals surface area contributed by atoms with Crippen molar-refractivity contribution in [3.8, 4) is 0 Å². The number of carboxylic acids is 1. The molecule has 0 bridgehead atoms. The Morgan fingerprint density at radius 2 is 1.64 bits per heavy atom. The van der Waals surface area contributed by atoms with Gasteiger partial charge in [0.1, 0.15) is 6.79 Å². The Labute approximate surface area is 66.4 Å². The van der Waals surface area contributed by atoms with Crippen LogP contribution in [0.4, 0.5) is 0 Å². The number of rotatable bonds is 1. The summed E-state index contributed by atoms with van der Waals surface area (Å²) in [6.07, 6.45) is 5.24. The van der Waals surface area contributed by atoms with E-state index in [-0.39, 0.29) is 5.92 Å². The molecule has 0 radical (unpaired) electrons. The summed E-state index contributed by atoms with van der Waals surface area (Å²) in [4.78, 5) is 18.4. The van der Waals surface area contributed by atoms with Gasteiger partial charge in [0.25, 0.3) is 0 Å². The number of carboxylic acid groups (broad SMARTS) is 1. The second kappa shape index (κ2) is 5.89. The van der Waals surface area contributed by atoms with Crippen molar-refractivity contribution in [3.63, 3.8) is 0 Å². The molecule has 0 aromatic heterocycles. The van der Waals surface area contributed by atoms with Crippen LogP contribution >= 0.6 is 0 Å². The number of carbonyl (C=O) groups is 2. The first-order valence-corrected chi connectivity index (χ1v) is 3.82. The molecule has 1 N–H and O–H groups in total. The first-order chi connectivity index (χ1) is 5.30. The Morgan fingerprint density at radius 3 is 1.91 bits per heavy atom. The Kier molecular flexibility index (Phi) is 5.43. The van der Waals surface area contributed by atoms with E-state index in [0.29, 0.717) is 0 Å². The van der Waals surface area contributed by atoms with Gasteiger partial charge in [0.15, 0.2) is 0 Å². The molecule has 0 aromatic carbocycles. The maximum Gasteiger partial charge on any atom is 0.306 e. The van der Waals surface area contributed by atoms with Crippen LogP contribution in [0.15, 0.2) is 0 Å². The van der Waals surface area contributed by atoms with E-state index in [1.54, 1.807) is 0 Å². The molecule has 3 heteroatoms. The van der Waals surface area contributed by atoms with Gasteiger partial charge in [-0.25, -0.2) is 0 Å². The normalized spacial score (nSPS) is 18.2. The van der Waals surface area contributed by atoms with Crippen molar-refractivity contribution in [2.75, 3.05) is 0 Å². The van der Waals surface area contributed by atoms with Crippen LogP contribution in [-0.4, -0.2) is 17.9 Å². The van der Waals surface area contributed by atoms with E-state index >= 15 is 0 Å². The van der Waals surface area contributed by atoms with Gasteiger partial charge in [0.2, 0.25) is 0 Å². The summed E-state index contributed by atoms with van der Waals surface area (Å²) in [6, 6.07) is 0. The zero-order chi connectivity index (χ0) is 8.69. The molecule has 1 fully saturated rings. The maximum absolute atomic E-state index is 10.4. The van der Waals surface area contributed by atoms with Gasteiger partial charge in [-0.1, -0.05) is 19.3 Å². The first kappa shape index (κ1) is 10.1. The highest BCUT2D eigenvalue weighted by Gasteiger charge is 2.19. The third kappa shape index (κ3) is 3.75. The second-order valence-electron chi connectivity index (χ2n) is 2.67. The van der Waals surface area contributed by atoms with Gasteiger partial charge in [0, 0.05) is 0 Å². The largest absolute Gasteiger partial charge is 0.481 e. The fraction of sp³-hybridized carbons (Fsp3) is 0.750. The zero-order valence-electron chi connectivity index (χ0n) is 6.58. The number of carbonyl (C=O) groups excluding carboxylic acids is 1. The molecular weight excluding hydrogens is 144 g/mol. The average molecular weight is 158 g/mol. The fourth-order valence-electron chi connectivity index (χ4n) is 1.35. The summed E-state index contributed by atoms with van der Waals surface area (Å²) in [5.74, 6) is -0.631. The molecule has 1 saturated carbocycles. The smallest absolute Gasteiger partial charge is 0.306 e. The zero-order valence-corrected chi connectivity index (χ0v) is 6.58. The SMILES string of the molecule is C=O.O=C(O)C1CCCCC1. The third-order valence-corrected chi connectivity index (χ3v) is 1.95. The van der Waals surface area contributed by atoms with E-state index in [1.165, 1.54) is 6.42 Å². The highest BCUT2D eigenvalue weighted by molar-refractivity contribution is 5.69. The molecule has 1 aliphatic rings. The fourth-order valence-corrected chi connectivity index (χ4v) is 1.35. The van der Waals surface area contributed by atoms with Crippen molar-refractivity contribution in [2.24, 2.45) is 5.92 Å². The molecule has 64 valence electrons. The van der Waals surface area contributed by atoms with Gasteiger partial charge in [-0.15, -0.1) is 0 Å². The minimum absolute atomic E-state index is 0.0289. The molecule has 0 aromatic rings. The van der Waals surface area contributed by atoms with E-state index in [4.69, 9.17) is 9.90 Å². The van der Waals surface area contributed by atoms with E-state index in [0.717, 1.165) is 25.7 Å². The molecule has 1 rings (SSSR count). The Balaban J connectivity index is 0.000000461. The first-order valence-electron chi connectivity index (χ1n) is 3.82. The van der Waals surface area contributed by atoms with E-state index in [2.05, 4.69) is 0 Å². The van der Waals surface area contributed by atoms with Crippen molar-refractivity contribution in [1.82, 2.24) is 0 Å². The summed E-state index contributed by atoms with van der Waals surface area (Å²) in [5.41, 5.74) is 0. The van der Waals surface area contributed by atoms with Crippen LogP contribution in [0.5, 0.6) is 0 Å². The van der Waals surface area contributed by atoms with Crippen LogP contribution in [-0.2, 0) is 9.59 Å². The average Bonchev–Trinajstić information content (AvgIpc) is 2.10. The molecule has 0 aliphatic heterocycles. The summed E-state index contributed by atoms with van der Waals surface area (Å²) in [7, 11) is 0. The van der Waals surface area contributed by atoms with Crippen LogP contribution in [0.25, 0.3) is 0 Å². The van der Waals surface area contributed by atoms with Gasteiger partial charge >= 0.3 is 5.97 Å². The van der Waals surface area contributed by atoms with Gasteiger partial charge in [-0.3, -0.25) is 4.79 Å². The van der Waals surface area contributed by atoms with Crippen molar-refractivity contribution < 1.29 is 14.7 Å². The Bertz CT molecular complexity index is 117. The van der Waals surface area contributed by atoms with E-state index in [1.807, 2.05) is 6.79 Å². The lowest BCUT2D eigenvalue weighted by Gasteiger charge is -2.16. The standard InChI is InChI=1S/C7H12O2.CH2O/c8-7(9)6-4-2-1-3-5-6;1-2/h6H,1-5H2,(H,8,9);1H2. The molecule has 0 unspecified atom stereocenters. The molecule has 0 atom stereocenters. The summed E-state index contributed by atoms with van der Waals surface area (Å²) >= 11 is 0. The van der Waals surface area contributed by atoms with Gasteiger partial charge < -0.3 is 9.90 Å². The van der Waals surface area contributed by atoms with Crippen LogP contribution in [0.3, 0.4) is 0 Å². The van der Waals surface area contributed by atoms with Crippen LogP contribution < -0.4 is 0 Å². The van der Waals surface area contributed by atoms with Crippen LogP contribution in [0.2, 0.25) is 0 Å². The molecular formula is C8H14O3. The molecule has 0 saturated heterocycles. The summed E-state index contributed by atoms with van der Waals surface area (Å²) in [5, 5.41) is 8.54. The molecule has 11 heavy (non-hydrogen) atoms. The lowest BCUT2D eigenvalue weighted by molar-refractivity contribution is -0.142. The van der Waals surface area contributed by atoms with Crippen molar-refractivity contribution in [3.05, 3.63) is 0 Å². The molecule has 0 spiro atoms. The quantitative estimate of drug-likeness (QED) is 0.628. The number of hydrogen-bond acceptors (Lipinski definition) is 2. The second-order valence-corrected chi connectivity index (χ2v) is 2.67. The molecule has 0 heterocycles. The number of aliphatic carboxylic acids is 1. The monoisotopic (exact) mass is 158 g/mol. The molecule has 3 nitrogen and oxygen atoms in total. The third-order valence-electron chi connectivity index (χ3n) is 1.95. The minimum Gasteiger partial charge on any atom is -0.481 e. The van der Waals surface area contributed by atoms with Crippen LogP contribution in [0.1, 0.15) is 32.1 Å².